The molecule has 0 aliphatic carbocycles. The molecule has 0 saturated carbocycles. The lowest BCUT2D eigenvalue weighted by Crippen LogP contribution is -2.12. The number of rotatable bonds is 3. The van der Waals surface area contributed by atoms with Gasteiger partial charge in [0.15, 0.2) is 0 Å². The molecule has 5 nitrogen and oxygen atoms in total. The van der Waals surface area contributed by atoms with Gasteiger partial charge in [0.1, 0.15) is 0 Å². The zero-order chi connectivity index (χ0) is 13.1. The molecule has 1 aromatic carbocycles. The van der Waals surface area contributed by atoms with E-state index in [1.54, 1.807) is 19.1 Å². The first-order valence-electron chi connectivity index (χ1n) is 5.46. The minimum absolute atomic E-state index is 0.0717. The van der Waals surface area contributed by atoms with Crippen LogP contribution in [0.3, 0.4) is 0 Å². The third-order valence-corrected chi connectivity index (χ3v) is 3.07. The van der Waals surface area contributed by atoms with Gasteiger partial charge in [0, 0.05) is 0 Å². The van der Waals surface area contributed by atoms with Gasteiger partial charge in [-0.2, -0.15) is 4.68 Å². The number of nitrogens with zero attached hydrogens (tertiary/aromatic N) is 2. The van der Waals surface area contributed by atoms with Gasteiger partial charge in [-0.3, -0.25) is 4.79 Å². The highest BCUT2D eigenvalue weighted by Gasteiger charge is 2.15. The maximum Gasteiger partial charge on any atom is 0.369 e. The average molecular weight is 264 g/mol. The van der Waals surface area contributed by atoms with Crippen LogP contribution in [0.2, 0.25) is 0 Å². The van der Waals surface area contributed by atoms with Crippen molar-refractivity contribution in [3.05, 3.63) is 44.5 Å². The molecule has 0 spiro atoms. The normalized spacial score (nSPS) is 10.3. The van der Waals surface area contributed by atoms with Gasteiger partial charge in [-0.25, -0.2) is 4.79 Å². The second-order valence-corrected chi connectivity index (χ2v) is 4.58. The lowest BCUT2D eigenvalue weighted by atomic mass is 10.2. The molecule has 0 N–H and O–H groups in total. The summed E-state index contributed by atoms with van der Waals surface area (Å²) in [4.78, 5) is 22.9. The van der Waals surface area contributed by atoms with Crippen LogP contribution < -0.4 is 4.87 Å². The van der Waals surface area contributed by atoms with Crippen LogP contribution in [0.15, 0.2) is 29.1 Å². The van der Waals surface area contributed by atoms with Gasteiger partial charge in [0.25, 0.3) is 0 Å². The summed E-state index contributed by atoms with van der Waals surface area (Å²) in [5.41, 5.74) is 1.73. The van der Waals surface area contributed by atoms with Gasteiger partial charge in [-0.05, 0) is 37.3 Å². The maximum atomic E-state index is 11.7. The Morgan fingerprint density at radius 2 is 2.06 bits per heavy atom. The van der Waals surface area contributed by atoms with Crippen molar-refractivity contribution >= 4 is 17.3 Å². The van der Waals surface area contributed by atoms with E-state index in [2.05, 4.69) is 5.10 Å². The van der Waals surface area contributed by atoms with E-state index in [0.717, 1.165) is 16.9 Å². The SMILES string of the molecule is CCOC(=O)c1nn(-c2ccc(C)cc2)c(=O)s1. The Balaban J connectivity index is 2.38. The molecule has 2 rings (SSSR count). The van der Waals surface area contributed by atoms with Gasteiger partial charge in [-0.1, -0.05) is 17.7 Å². The molecule has 0 aliphatic rings. The van der Waals surface area contributed by atoms with Crippen molar-refractivity contribution in [1.82, 2.24) is 9.78 Å². The fourth-order valence-corrected chi connectivity index (χ4v) is 2.07. The summed E-state index contributed by atoms with van der Waals surface area (Å²) >= 11 is 0.783. The lowest BCUT2D eigenvalue weighted by molar-refractivity contribution is 0.0524. The predicted molar refractivity (Wildman–Crippen MR) is 68.4 cm³/mol. The molecule has 0 saturated heterocycles. The lowest BCUT2D eigenvalue weighted by Gasteiger charge is -1.99. The van der Waals surface area contributed by atoms with Crippen molar-refractivity contribution in [3.8, 4) is 5.69 Å². The monoisotopic (exact) mass is 264 g/mol. The molecule has 2 aromatic rings. The zero-order valence-electron chi connectivity index (χ0n) is 10.0. The standard InChI is InChI=1S/C12H12N2O3S/c1-3-17-11(15)10-13-14(12(16)18-10)9-6-4-8(2)5-7-9/h4-7H,3H2,1-2H3. The summed E-state index contributed by atoms with van der Waals surface area (Å²) in [5, 5.41) is 4.05. The molecule has 1 heterocycles. The highest BCUT2D eigenvalue weighted by Crippen LogP contribution is 2.09. The van der Waals surface area contributed by atoms with Crippen molar-refractivity contribution in [1.29, 1.82) is 0 Å². The molecule has 0 fully saturated rings. The van der Waals surface area contributed by atoms with E-state index in [1.165, 1.54) is 4.68 Å². The molecular formula is C12H12N2O3S. The minimum Gasteiger partial charge on any atom is -0.461 e. The first-order chi connectivity index (χ1) is 8.61. The molecule has 94 valence electrons. The number of hydrogen-bond acceptors (Lipinski definition) is 5. The molecule has 0 aliphatic heterocycles. The Bertz CT molecular complexity index is 613. The van der Waals surface area contributed by atoms with E-state index in [4.69, 9.17) is 4.74 Å². The van der Waals surface area contributed by atoms with Crippen molar-refractivity contribution in [2.75, 3.05) is 6.61 Å². The molecule has 0 bridgehead atoms. The third-order valence-electron chi connectivity index (χ3n) is 2.28. The second kappa shape index (κ2) is 5.14. The van der Waals surface area contributed by atoms with E-state index in [-0.39, 0.29) is 16.5 Å². The molecule has 0 radical (unpaired) electrons. The quantitative estimate of drug-likeness (QED) is 0.793. The Hall–Kier alpha value is -1.95. The Kier molecular flexibility index (Phi) is 3.57. The van der Waals surface area contributed by atoms with E-state index >= 15 is 0 Å². The van der Waals surface area contributed by atoms with Crippen LogP contribution in [0, 0.1) is 6.92 Å². The molecule has 18 heavy (non-hydrogen) atoms. The average Bonchev–Trinajstić information content (AvgIpc) is 2.73. The number of carbonyl (C=O) groups is 1. The highest BCUT2D eigenvalue weighted by atomic mass is 32.1. The summed E-state index contributed by atoms with van der Waals surface area (Å²) in [6.07, 6.45) is 0. The molecule has 0 unspecified atom stereocenters. The number of carbonyl (C=O) groups excluding carboxylic acids is 1. The summed E-state index contributed by atoms with van der Waals surface area (Å²) in [6.45, 7) is 3.92. The van der Waals surface area contributed by atoms with Gasteiger partial charge >= 0.3 is 10.8 Å². The fraction of sp³-hybridized carbons (Fsp3) is 0.250. The van der Waals surface area contributed by atoms with Gasteiger partial charge in [-0.15, -0.1) is 5.10 Å². The smallest absolute Gasteiger partial charge is 0.369 e. The van der Waals surface area contributed by atoms with Crippen molar-refractivity contribution in [2.24, 2.45) is 0 Å². The van der Waals surface area contributed by atoms with E-state index in [0.29, 0.717) is 5.69 Å². The minimum atomic E-state index is -0.564. The van der Waals surface area contributed by atoms with Crippen molar-refractivity contribution < 1.29 is 9.53 Å². The molecule has 0 atom stereocenters. The number of hydrogen-bond donors (Lipinski definition) is 0. The number of aromatic nitrogens is 2. The van der Waals surface area contributed by atoms with E-state index in [9.17, 15) is 9.59 Å². The van der Waals surface area contributed by atoms with Crippen LogP contribution in [0.25, 0.3) is 5.69 Å². The summed E-state index contributed by atoms with van der Waals surface area (Å²) < 4.78 is 6.01. The third kappa shape index (κ3) is 2.48. The van der Waals surface area contributed by atoms with E-state index in [1.807, 2.05) is 19.1 Å². The Morgan fingerprint density at radius 3 is 2.67 bits per heavy atom. The highest BCUT2D eigenvalue weighted by molar-refractivity contribution is 7.10. The number of esters is 1. The molecule has 0 amide bonds. The van der Waals surface area contributed by atoms with Gasteiger partial charge < -0.3 is 4.74 Å². The van der Waals surface area contributed by atoms with Crippen LogP contribution >= 0.6 is 11.3 Å². The Morgan fingerprint density at radius 1 is 1.39 bits per heavy atom. The number of aryl methyl sites for hydroxylation is 1. The van der Waals surface area contributed by atoms with Crippen molar-refractivity contribution in [2.45, 2.75) is 13.8 Å². The number of ether oxygens (including phenoxy) is 1. The Labute approximate surface area is 108 Å². The molecule has 1 aromatic heterocycles. The van der Waals surface area contributed by atoms with E-state index < -0.39 is 5.97 Å². The summed E-state index contributed by atoms with van der Waals surface area (Å²) in [7, 11) is 0. The molecular weight excluding hydrogens is 252 g/mol. The zero-order valence-corrected chi connectivity index (χ0v) is 10.9. The van der Waals surface area contributed by atoms with Gasteiger partial charge in [0.2, 0.25) is 5.01 Å². The fourth-order valence-electron chi connectivity index (χ4n) is 1.40. The van der Waals surface area contributed by atoms with Crippen LogP contribution in [-0.2, 0) is 4.74 Å². The largest absolute Gasteiger partial charge is 0.461 e. The second-order valence-electron chi connectivity index (χ2n) is 3.64. The summed E-state index contributed by atoms with van der Waals surface area (Å²) in [5.74, 6) is -0.564. The number of benzene rings is 1. The summed E-state index contributed by atoms with van der Waals surface area (Å²) in [6, 6.07) is 7.33. The topological polar surface area (TPSA) is 61.2 Å². The predicted octanol–water partition coefficient (Wildman–Crippen LogP) is 1.78. The van der Waals surface area contributed by atoms with Crippen LogP contribution in [0.4, 0.5) is 0 Å². The maximum absolute atomic E-state index is 11.7. The first kappa shape index (κ1) is 12.5. The van der Waals surface area contributed by atoms with Crippen LogP contribution in [0.5, 0.6) is 0 Å². The van der Waals surface area contributed by atoms with Gasteiger partial charge in [0.05, 0.1) is 12.3 Å². The van der Waals surface area contributed by atoms with Crippen molar-refractivity contribution in [3.63, 3.8) is 0 Å². The first-order valence-corrected chi connectivity index (χ1v) is 6.28. The molecule has 6 heteroatoms. The van der Waals surface area contributed by atoms with Crippen LogP contribution in [0.1, 0.15) is 22.3 Å². The van der Waals surface area contributed by atoms with Crippen LogP contribution in [-0.4, -0.2) is 22.4 Å².